The van der Waals surface area contributed by atoms with E-state index in [1.807, 2.05) is 6.07 Å². The highest BCUT2D eigenvalue weighted by Gasteiger charge is 2.35. The molecule has 4 aromatic rings. The van der Waals surface area contributed by atoms with Crippen LogP contribution in [0.5, 0.6) is 5.75 Å². The van der Waals surface area contributed by atoms with Gasteiger partial charge < -0.3 is 73.7 Å². The molecule has 0 radical (unpaired) electrons. The molecule has 80 heavy (non-hydrogen) atoms. The number of carboxylic acid groups (broad SMARTS) is 3. The van der Waals surface area contributed by atoms with Crippen LogP contribution in [0.1, 0.15) is 83.9 Å². The Balaban J connectivity index is 1.56. The molecule has 0 aliphatic heterocycles. The normalized spacial score (nSPS) is 14.6. The van der Waals surface area contributed by atoms with Crippen LogP contribution in [0, 0.1) is 11.8 Å². The topological polar surface area (TPSA) is 407 Å². The molecule has 0 aliphatic rings. The summed E-state index contributed by atoms with van der Waals surface area (Å²) in [5, 5.41) is 59.2. The number of hydrogen-bond acceptors (Lipinski definition) is 13. The molecule has 3 aromatic carbocycles. The first-order valence-corrected chi connectivity index (χ1v) is 25.9. The van der Waals surface area contributed by atoms with Gasteiger partial charge >= 0.3 is 17.9 Å². The Labute approximate surface area is 461 Å². The lowest BCUT2D eigenvalue weighted by molar-refractivity contribution is -0.143. The number of carbonyl (C=O) groups excluding carboxylic acids is 8. The number of aromatic nitrogens is 1. The first-order chi connectivity index (χ1) is 37.7. The van der Waals surface area contributed by atoms with E-state index in [9.17, 15) is 68.1 Å². The molecule has 0 spiro atoms. The molecule has 0 fully saturated rings. The summed E-state index contributed by atoms with van der Waals surface area (Å²) in [4.78, 5) is 149. The summed E-state index contributed by atoms with van der Waals surface area (Å²) >= 11 is 0. The minimum absolute atomic E-state index is 0.0230. The number of aromatic hydroxyl groups is 1. The molecule has 432 valence electrons. The van der Waals surface area contributed by atoms with Gasteiger partial charge in [-0.25, -0.2) is 4.79 Å². The van der Waals surface area contributed by atoms with E-state index in [1.54, 1.807) is 82.4 Å². The molecule has 4 rings (SSSR count). The van der Waals surface area contributed by atoms with Crippen molar-refractivity contribution in [2.45, 2.75) is 141 Å². The number of nitrogens with two attached hydrogens (primary N) is 1. The van der Waals surface area contributed by atoms with Crippen LogP contribution in [0.25, 0.3) is 10.9 Å². The van der Waals surface area contributed by atoms with Crippen LogP contribution in [0.3, 0.4) is 0 Å². The number of benzene rings is 3. The Morgan fingerprint density at radius 1 is 0.450 bits per heavy atom. The third kappa shape index (κ3) is 20.5. The highest BCUT2D eigenvalue weighted by atomic mass is 16.4. The zero-order chi connectivity index (χ0) is 59.4. The number of fused-ring (bicyclic) bond motifs is 1. The summed E-state index contributed by atoms with van der Waals surface area (Å²) in [6.07, 6.45) is -0.517. The number of carbonyl (C=O) groups is 11. The van der Waals surface area contributed by atoms with E-state index >= 15 is 0 Å². The number of amides is 8. The number of aromatic amines is 1. The van der Waals surface area contributed by atoms with E-state index in [0.29, 0.717) is 16.7 Å². The number of para-hydroxylation sites is 1. The predicted octanol–water partition coefficient (Wildman–Crippen LogP) is 0.273. The minimum Gasteiger partial charge on any atom is -0.508 e. The summed E-state index contributed by atoms with van der Waals surface area (Å²) < 4.78 is 0. The van der Waals surface area contributed by atoms with Crippen LogP contribution in [0.15, 0.2) is 85.1 Å². The van der Waals surface area contributed by atoms with Crippen LogP contribution < -0.4 is 48.3 Å². The van der Waals surface area contributed by atoms with Crippen molar-refractivity contribution in [2.75, 3.05) is 0 Å². The van der Waals surface area contributed by atoms with Crippen molar-refractivity contribution in [3.05, 3.63) is 102 Å². The Morgan fingerprint density at radius 3 is 1.41 bits per heavy atom. The molecule has 1 aromatic heterocycles. The summed E-state index contributed by atoms with van der Waals surface area (Å²) in [5.41, 5.74) is 7.92. The smallest absolute Gasteiger partial charge is 0.326 e. The van der Waals surface area contributed by atoms with Crippen molar-refractivity contribution in [2.24, 2.45) is 17.6 Å². The molecular formula is C55H72N10O15. The van der Waals surface area contributed by atoms with E-state index in [1.165, 1.54) is 38.1 Å². The summed E-state index contributed by atoms with van der Waals surface area (Å²) in [6, 6.07) is 7.95. The maximum absolute atomic E-state index is 14.5. The van der Waals surface area contributed by atoms with Crippen LogP contribution in [-0.4, -0.2) is 145 Å². The third-order valence-corrected chi connectivity index (χ3v) is 12.6. The molecule has 1 heterocycles. The van der Waals surface area contributed by atoms with Gasteiger partial charge in [0.1, 0.15) is 54.1 Å². The lowest BCUT2D eigenvalue weighted by Gasteiger charge is -2.28. The number of rotatable bonds is 31. The molecule has 9 atom stereocenters. The van der Waals surface area contributed by atoms with Crippen molar-refractivity contribution in [3.8, 4) is 5.75 Å². The largest absolute Gasteiger partial charge is 0.508 e. The van der Waals surface area contributed by atoms with Gasteiger partial charge in [0.15, 0.2) is 0 Å². The van der Waals surface area contributed by atoms with E-state index in [-0.39, 0.29) is 49.7 Å². The van der Waals surface area contributed by atoms with Gasteiger partial charge in [-0.05, 0) is 73.4 Å². The van der Waals surface area contributed by atoms with Gasteiger partial charge in [-0.2, -0.15) is 0 Å². The molecule has 0 saturated heterocycles. The first-order valence-electron chi connectivity index (χ1n) is 25.9. The number of phenols is 1. The highest BCUT2D eigenvalue weighted by Crippen LogP contribution is 2.20. The molecular weight excluding hydrogens is 1040 g/mol. The average Bonchev–Trinajstić information content (AvgIpc) is 3.80. The van der Waals surface area contributed by atoms with Gasteiger partial charge in [-0.3, -0.25) is 47.9 Å². The molecule has 0 unspecified atom stereocenters. The summed E-state index contributed by atoms with van der Waals surface area (Å²) in [6.45, 7) is 9.75. The quantitative estimate of drug-likeness (QED) is 0.0322. The maximum atomic E-state index is 14.5. The zero-order valence-electron chi connectivity index (χ0n) is 45.2. The molecule has 0 bridgehead atoms. The Bertz CT molecular complexity index is 2840. The Morgan fingerprint density at radius 2 is 0.863 bits per heavy atom. The number of nitrogens with one attached hydrogen (secondary N) is 9. The van der Waals surface area contributed by atoms with Crippen LogP contribution >= 0.6 is 0 Å². The number of aliphatic carboxylic acids is 3. The number of carboxylic acids is 3. The fourth-order valence-electron chi connectivity index (χ4n) is 8.38. The lowest BCUT2D eigenvalue weighted by Crippen LogP contribution is -2.60. The van der Waals surface area contributed by atoms with Gasteiger partial charge in [0.25, 0.3) is 0 Å². The second-order valence-electron chi connectivity index (χ2n) is 20.4. The third-order valence-electron chi connectivity index (χ3n) is 12.6. The van der Waals surface area contributed by atoms with Gasteiger partial charge in [-0.1, -0.05) is 88.4 Å². The van der Waals surface area contributed by atoms with Crippen molar-refractivity contribution < 1.29 is 73.2 Å². The maximum Gasteiger partial charge on any atom is 0.326 e. The predicted molar refractivity (Wildman–Crippen MR) is 290 cm³/mol. The van der Waals surface area contributed by atoms with E-state index in [2.05, 4.69) is 47.5 Å². The highest BCUT2D eigenvalue weighted by molar-refractivity contribution is 5.99. The Hall–Kier alpha value is -8.87. The van der Waals surface area contributed by atoms with Gasteiger partial charge in [0, 0.05) is 36.4 Å². The fraction of sp³-hybridized carbons (Fsp3) is 0.436. The zero-order valence-corrected chi connectivity index (χ0v) is 45.2. The summed E-state index contributed by atoms with van der Waals surface area (Å²) in [5.74, 6) is -12.1. The van der Waals surface area contributed by atoms with E-state index < -0.39 is 132 Å². The SMILES string of the molecule is CC(C)C[C@H](NC(=O)[C@H](C)NC(=O)[C@@H](N)CC(=O)O)C(=O)N[C@@H](Cc1c[nH]c2ccccc12)C(=O)N[C@@H](CC(C)C)C(=O)N[C@@H](C)C(=O)N[C@@H](Cc1ccccc1)C(=O)N[C@@H](CC(=O)O)C(=O)N[C@@H](Cc1ccc(O)cc1)C(=O)O. The lowest BCUT2D eigenvalue weighted by atomic mass is 9.99. The van der Waals surface area contributed by atoms with E-state index in [0.717, 1.165) is 10.9 Å². The van der Waals surface area contributed by atoms with Gasteiger partial charge in [0.2, 0.25) is 47.3 Å². The minimum atomic E-state index is -1.83. The van der Waals surface area contributed by atoms with Gasteiger partial charge in [0.05, 0.1) is 18.9 Å². The van der Waals surface area contributed by atoms with Crippen molar-refractivity contribution in [1.82, 2.24) is 47.5 Å². The monoisotopic (exact) mass is 1110 g/mol. The number of H-pyrrole nitrogens is 1. The summed E-state index contributed by atoms with van der Waals surface area (Å²) in [7, 11) is 0. The second-order valence-corrected chi connectivity index (χ2v) is 20.4. The molecule has 8 amide bonds. The second kappa shape index (κ2) is 30.3. The van der Waals surface area contributed by atoms with E-state index in [4.69, 9.17) is 10.8 Å². The molecule has 25 nitrogen and oxygen atoms in total. The molecule has 0 aliphatic carbocycles. The fourth-order valence-corrected chi connectivity index (χ4v) is 8.38. The average molecular weight is 1110 g/mol. The molecule has 25 heteroatoms. The molecule has 0 saturated carbocycles. The number of phenolic OH excluding ortho intramolecular Hbond substituents is 1. The standard InChI is InChI=1S/C55H72N10O15/c1-28(2)20-39(62-53(77)42(24-34-27-57-38-15-11-10-14-36(34)38)63-51(75)40(21-29(3)4)60-47(71)30(5)58-49(73)37(56)25-45(67)68)50(74)59-31(6)48(72)61-41(22-32-12-8-7-9-13-32)52(76)64-43(26-46(69)70)54(78)65-44(55(79)80)23-33-16-18-35(66)19-17-33/h7-19,27-31,37,39-44,57,66H,20-26,56H2,1-6H3,(H,58,73)(H,59,74)(H,60,71)(H,61,72)(H,62,77)(H,63,75)(H,64,76)(H,65,78)(H,67,68)(H,69,70)(H,79,80)/t30-,31-,37-,39-,40-,41-,42-,43-,44-/m0/s1. The van der Waals surface area contributed by atoms with Crippen molar-refractivity contribution in [1.29, 1.82) is 0 Å². The first kappa shape index (κ1) is 63.7. The van der Waals surface area contributed by atoms with Crippen molar-refractivity contribution >= 4 is 76.1 Å². The number of hydrogen-bond donors (Lipinski definition) is 14. The molecule has 15 N–H and O–H groups in total. The van der Waals surface area contributed by atoms with Gasteiger partial charge in [-0.15, -0.1) is 0 Å². The van der Waals surface area contributed by atoms with Crippen molar-refractivity contribution in [3.63, 3.8) is 0 Å². The van der Waals surface area contributed by atoms with Crippen LogP contribution in [-0.2, 0) is 72.0 Å². The Kier molecular flexibility index (Phi) is 24.1. The van der Waals surface area contributed by atoms with Crippen LogP contribution in [0.2, 0.25) is 0 Å². The van der Waals surface area contributed by atoms with Crippen LogP contribution in [0.4, 0.5) is 0 Å².